The van der Waals surface area contributed by atoms with Crippen molar-refractivity contribution in [1.29, 1.82) is 0 Å². The molecule has 0 radical (unpaired) electrons. The highest BCUT2D eigenvalue weighted by molar-refractivity contribution is 5.90. The van der Waals surface area contributed by atoms with E-state index in [0.29, 0.717) is 24.4 Å². The molecule has 3 heteroatoms. The Morgan fingerprint density at radius 2 is 1.60 bits per heavy atom. The molecular weight excluding hydrogens is 312 g/mol. The van der Waals surface area contributed by atoms with Crippen LogP contribution in [-0.4, -0.2) is 12.6 Å². The Morgan fingerprint density at radius 3 is 2.12 bits per heavy atom. The zero-order chi connectivity index (χ0) is 17.7. The minimum absolute atomic E-state index is 0.264. The van der Waals surface area contributed by atoms with Gasteiger partial charge in [0.05, 0.1) is 12.2 Å². The van der Waals surface area contributed by atoms with Crippen LogP contribution in [0.4, 0.5) is 0 Å². The predicted octanol–water partition coefficient (Wildman–Crippen LogP) is 4.97. The second-order valence-electron chi connectivity index (χ2n) is 6.36. The Kier molecular flexibility index (Phi) is 5.22. The minimum Gasteiger partial charge on any atom is -0.482 e. The van der Waals surface area contributed by atoms with Gasteiger partial charge in [0.25, 0.3) is 0 Å². The highest BCUT2D eigenvalue weighted by Gasteiger charge is 2.45. The molecule has 0 amide bonds. The van der Waals surface area contributed by atoms with Crippen LogP contribution in [0.5, 0.6) is 0 Å². The first kappa shape index (κ1) is 17.3. The van der Waals surface area contributed by atoms with Gasteiger partial charge in [-0.05, 0) is 13.3 Å². The van der Waals surface area contributed by atoms with Gasteiger partial charge >= 0.3 is 5.97 Å². The van der Waals surface area contributed by atoms with Crippen LogP contribution in [0.15, 0.2) is 72.0 Å². The second kappa shape index (κ2) is 7.56. The van der Waals surface area contributed by atoms with Crippen molar-refractivity contribution in [2.24, 2.45) is 0 Å². The Labute approximate surface area is 149 Å². The maximum atomic E-state index is 12.5. The number of unbranched alkanes of at least 4 members (excludes halogenated alkanes) is 1. The Hall–Kier alpha value is -2.55. The summed E-state index contributed by atoms with van der Waals surface area (Å²) in [5.74, 6) is 0.383. The van der Waals surface area contributed by atoms with Crippen LogP contribution in [0.1, 0.15) is 44.2 Å². The summed E-state index contributed by atoms with van der Waals surface area (Å²) >= 11 is 0. The molecule has 1 heterocycles. The molecule has 1 aliphatic heterocycles. The van der Waals surface area contributed by atoms with E-state index in [1.807, 2.05) is 67.6 Å². The molecule has 0 aliphatic carbocycles. The number of hydrogen-bond acceptors (Lipinski definition) is 3. The third kappa shape index (κ3) is 3.46. The van der Waals surface area contributed by atoms with Crippen molar-refractivity contribution in [3.05, 3.63) is 83.1 Å². The van der Waals surface area contributed by atoms with Crippen LogP contribution in [0.25, 0.3) is 0 Å². The quantitative estimate of drug-likeness (QED) is 0.552. The van der Waals surface area contributed by atoms with Gasteiger partial charge in [-0.15, -0.1) is 0 Å². The van der Waals surface area contributed by atoms with E-state index in [1.54, 1.807) is 0 Å². The molecule has 0 bridgehead atoms. The van der Waals surface area contributed by atoms with E-state index in [-0.39, 0.29) is 5.97 Å². The molecule has 130 valence electrons. The summed E-state index contributed by atoms with van der Waals surface area (Å²) in [4.78, 5) is 12.5. The fraction of sp³-hybridized carbons (Fsp3) is 0.318. The molecule has 25 heavy (non-hydrogen) atoms. The molecule has 0 aromatic heterocycles. The fourth-order valence-electron chi connectivity index (χ4n) is 3.25. The third-order valence-electron chi connectivity index (χ3n) is 4.64. The summed E-state index contributed by atoms with van der Waals surface area (Å²) in [5, 5.41) is 0. The van der Waals surface area contributed by atoms with Gasteiger partial charge < -0.3 is 9.47 Å². The van der Waals surface area contributed by atoms with Crippen LogP contribution < -0.4 is 0 Å². The van der Waals surface area contributed by atoms with E-state index in [9.17, 15) is 4.79 Å². The van der Waals surface area contributed by atoms with Gasteiger partial charge in [-0.2, -0.15) is 0 Å². The van der Waals surface area contributed by atoms with E-state index >= 15 is 0 Å². The monoisotopic (exact) mass is 336 g/mol. The van der Waals surface area contributed by atoms with Crippen LogP contribution in [0, 0.1) is 0 Å². The van der Waals surface area contributed by atoms with Gasteiger partial charge in [0.2, 0.25) is 0 Å². The lowest BCUT2D eigenvalue weighted by Gasteiger charge is -2.31. The highest BCUT2D eigenvalue weighted by Crippen LogP contribution is 2.46. The Balaban J connectivity index is 1.93. The summed E-state index contributed by atoms with van der Waals surface area (Å²) in [6.07, 6.45) is 2.36. The number of carbonyl (C=O) groups is 1. The first-order valence-corrected chi connectivity index (χ1v) is 8.84. The summed E-state index contributed by atoms with van der Waals surface area (Å²) in [5.41, 5.74) is 2.03. The van der Waals surface area contributed by atoms with E-state index in [1.165, 1.54) is 0 Å². The van der Waals surface area contributed by atoms with Crippen molar-refractivity contribution in [2.45, 2.75) is 38.7 Å². The molecule has 2 aromatic carbocycles. The van der Waals surface area contributed by atoms with Gasteiger partial charge in [0.15, 0.2) is 5.60 Å². The average molecular weight is 336 g/mol. The molecule has 0 spiro atoms. The molecule has 0 unspecified atom stereocenters. The van der Waals surface area contributed by atoms with Crippen LogP contribution in [0.3, 0.4) is 0 Å². The number of hydrogen-bond donors (Lipinski definition) is 0. The molecule has 2 aromatic rings. The number of allylic oxidation sites excluding steroid dienone is 1. The van der Waals surface area contributed by atoms with Gasteiger partial charge in [0.1, 0.15) is 5.76 Å². The maximum absolute atomic E-state index is 12.5. The number of benzene rings is 2. The SMILES string of the molecule is CCCCOC(=O)C1=C(C)OC(c2ccccc2)(c2ccccc2)C1. The fourth-order valence-corrected chi connectivity index (χ4v) is 3.25. The molecule has 0 N–H and O–H groups in total. The molecule has 3 nitrogen and oxygen atoms in total. The lowest BCUT2D eigenvalue weighted by atomic mass is 9.82. The first-order chi connectivity index (χ1) is 12.2. The predicted molar refractivity (Wildman–Crippen MR) is 97.9 cm³/mol. The van der Waals surface area contributed by atoms with E-state index in [4.69, 9.17) is 9.47 Å². The molecule has 0 atom stereocenters. The van der Waals surface area contributed by atoms with Crippen LogP contribution in [-0.2, 0) is 19.9 Å². The van der Waals surface area contributed by atoms with E-state index in [2.05, 4.69) is 6.92 Å². The van der Waals surface area contributed by atoms with Gasteiger partial charge in [-0.3, -0.25) is 0 Å². The minimum atomic E-state index is -0.675. The van der Waals surface area contributed by atoms with Crippen molar-refractivity contribution in [1.82, 2.24) is 0 Å². The number of ether oxygens (including phenoxy) is 2. The molecule has 1 aliphatic rings. The average Bonchev–Trinajstić information content (AvgIpc) is 3.02. The van der Waals surface area contributed by atoms with Gasteiger partial charge in [0, 0.05) is 17.5 Å². The molecule has 0 saturated carbocycles. The Morgan fingerprint density at radius 1 is 1.04 bits per heavy atom. The van der Waals surface area contributed by atoms with Crippen molar-refractivity contribution >= 4 is 5.97 Å². The molecular formula is C22H24O3. The van der Waals surface area contributed by atoms with Gasteiger partial charge in [-0.1, -0.05) is 74.0 Å². The summed E-state index contributed by atoms with van der Waals surface area (Å²) in [6, 6.07) is 20.1. The largest absolute Gasteiger partial charge is 0.482 e. The standard InChI is InChI=1S/C22H24O3/c1-3-4-15-24-21(23)20-16-22(25-17(20)2,18-11-7-5-8-12-18)19-13-9-6-10-14-19/h5-14H,3-4,15-16H2,1-2H3. The lowest BCUT2D eigenvalue weighted by molar-refractivity contribution is -0.139. The molecule has 3 rings (SSSR count). The number of rotatable bonds is 6. The number of esters is 1. The van der Waals surface area contributed by atoms with E-state index < -0.39 is 5.60 Å². The summed E-state index contributed by atoms with van der Waals surface area (Å²) in [7, 11) is 0. The Bertz CT molecular complexity index is 708. The van der Waals surface area contributed by atoms with E-state index in [0.717, 1.165) is 24.0 Å². The topological polar surface area (TPSA) is 35.5 Å². The molecule has 0 saturated heterocycles. The third-order valence-corrected chi connectivity index (χ3v) is 4.64. The lowest BCUT2D eigenvalue weighted by Crippen LogP contribution is -2.27. The molecule has 0 fully saturated rings. The first-order valence-electron chi connectivity index (χ1n) is 8.84. The van der Waals surface area contributed by atoms with Crippen molar-refractivity contribution in [2.75, 3.05) is 6.61 Å². The van der Waals surface area contributed by atoms with Crippen molar-refractivity contribution in [3.8, 4) is 0 Å². The van der Waals surface area contributed by atoms with Crippen LogP contribution in [0.2, 0.25) is 0 Å². The summed E-state index contributed by atoms with van der Waals surface area (Å²) in [6.45, 7) is 4.38. The normalized spacial score (nSPS) is 15.8. The zero-order valence-corrected chi connectivity index (χ0v) is 14.8. The van der Waals surface area contributed by atoms with Crippen molar-refractivity contribution in [3.63, 3.8) is 0 Å². The zero-order valence-electron chi connectivity index (χ0n) is 14.8. The van der Waals surface area contributed by atoms with Crippen molar-refractivity contribution < 1.29 is 14.3 Å². The second-order valence-corrected chi connectivity index (χ2v) is 6.36. The highest BCUT2D eigenvalue weighted by atomic mass is 16.5. The number of carbonyl (C=O) groups excluding carboxylic acids is 1. The maximum Gasteiger partial charge on any atom is 0.337 e. The summed E-state index contributed by atoms with van der Waals surface area (Å²) < 4.78 is 11.8. The smallest absolute Gasteiger partial charge is 0.337 e. The van der Waals surface area contributed by atoms with Gasteiger partial charge in [-0.25, -0.2) is 4.79 Å². The van der Waals surface area contributed by atoms with Crippen LogP contribution >= 0.6 is 0 Å².